The highest BCUT2D eigenvalue weighted by Crippen LogP contribution is 2.40. The molecule has 0 saturated heterocycles. The lowest BCUT2D eigenvalue weighted by atomic mass is 9.90. The lowest BCUT2D eigenvalue weighted by Gasteiger charge is -2.27. The summed E-state index contributed by atoms with van der Waals surface area (Å²) in [5.74, 6) is 0.922. The van der Waals surface area contributed by atoms with Crippen LogP contribution in [0.3, 0.4) is 0 Å². The van der Waals surface area contributed by atoms with Gasteiger partial charge in [-0.2, -0.15) is 0 Å². The molecule has 2 heterocycles. The summed E-state index contributed by atoms with van der Waals surface area (Å²) >= 11 is 0. The van der Waals surface area contributed by atoms with Crippen LogP contribution < -0.4 is 19.3 Å². The maximum Gasteiger partial charge on any atom is 0.242 e. The van der Waals surface area contributed by atoms with E-state index in [0.717, 1.165) is 30.6 Å². The normalized spacial score (nSPS) is 14.3. The molecule has 0 bridgehead atoms. The second-order valence-corrected chi connectivity index (χ2v) is 11.8. The number of pyridine rings is 1. The largest absolute Gasteiger partial charge is 0.496 e. The molecule has 10 heteroatoms. The van der Waals surface area contributed by atoms with Crippen molar-refractivity contribution in [3.63, 3.8) is 0 Å². The maximum atomic E-state index is 13.2. The van der Waals surface area contributed by atoms with Gasteiger partial charge in [-0.1, -0.05) is 18.2 Å². The summed E-state index contributed by atoms with van der Waals surface area (Å²) in [5.41, 5.74) is 2.21. The zero-order valence-electron chi connectivity index (χ0n) is 27.3. The molecule has 0 aliphatic carbocycles. The molecule has 1 aromatic heterocycles. The van der Waals surface area contributed by atoms with Crippen molar-refractivity contribution in [3.8, 4) is 11.5 Å². The van der Waals surface area contributed by atoms with Crippen molar-refractivity contribution < 1.29 is 23.9 Å². The van der Waals surface area contributed by atoms with Gasteiger partial charge >= 0.3 is 0 Å². The number of methoxy groups -OCH3 is 1. The molecule has 0 N–H and O–H groups in total. The van der Waals surface area contributed by atoms with E-state index in [4.69, 9.17) is 9.47 Å². The van der Waals surface area contributed by atoms with Gasteiger partial charge in [-0.3, -0.25) is 24.3 Å². The Morgan fingerprint density at radius 2 is 1.69 bits per heavy atom. The fourth-order valence-corrected chi connectivity index (χ4v) is 5.53. The average Bonchev–Trinajstić information content (AvgIpc) is 3.10. The minimum Gasteiger partial charge on any atom is -0.496 e. The highest BCUT2D eigenvalue weighted by atomic mass is 16.5. The fraction of sp³-hybridized carbons (Fsp3) is 0.429. The monoisotopic (exact) mass is 615 g/mol. The van der Waals surface area contributed by atoms with E-state index >= 15 is 0 Å². The van der Waals surface area contributed by atoms with E-state index in [1.54, 1.807) is 55.1 Å². The van der Waals surface area contributed by atoms with E-state index in [-0.39, 0.29) is 24.1 Å². The number of rotatable bonds is 14. The minimum atomic E-state index is -1.16. The van der Waals surface area contributed by atoms with Crippen LogP contribution in [0.5, 0.6) is 11.5 Å². The first-order chi connectivity index (χ1) is 21.6. The Kier molecular flexibility index (Phi) is 11.2. The molecule has 1 aliphatic heterocycles. The molecule has 45 heavy (non-hydrogen) atoms. The lowest BCUT2D eigenvalue weighted by molar-refractivity contribution is -0.137. The second kappa shape index (κ2) is 15.0. The summed E-state index contributed by atoms with van der Waals surface area (Å²) in [6, 6.07) is 17.1. The van der Waals surface area contributed by atoms with Gasteiger partial charge in [-0.05, 0) is 63.1 Å². The summed E-state index contributed by atoms with van der Waals surface area (Å²) in [7, 11) is 5.15. The predicted octanol–water partition coefficient (Wildman–Crippen LogP) is 4.42. The Morgan fingerprint density at radius 3 is 2.40 bits per heavy atom. The van der Waals surface area contributed by atoms with Crippen LogP contribution in [0, 0.1) is 5.41 Å². The molecular formula is C35H45N5O5. The summed E-state index contributed by atoms with van der Waals surface area (Å²) in [5, 5.41) is 0. The van der Waals surface area contributed by atoms with Crippen LogP contribution in [0.1, 0.15) is 38.3 Å². The number of hydrogen-bond acceptors (Lipinski definition) is 7. The van der Waals surface area contributed by atoms with Crippen LogP contribution >= 0.6 is 0 Å². The fourth-order valence-electron chi connectivity index (χ4n) is 5.53. The summed E-state index contributed by atoms with van der Waals surface area (Å²) in [6.45, 7) is 8.93. The third kappa shape index (κ3) is 7.99. The molecule has 0 atom stereocenters. The summed E-state index contributed by atoms with van der Waals surface area (Å²) < 4.78 is 11.6. The quantitative estimate of drug-likeness (QED) is 0.196. The highest BCUT2D eigenvalue weighted by Gasteiger charge is 2.45. The molecule has 240 valence electrons. The number of nitrogens with zero attached hydrogens (tertiary/aromatic N) is 5. The Hall–Kier alpha value is -4.44. The van der Waals surface area contributed by atoms with Gasteiger partial charge in [0.15, 0.2) is 0 Å². The zero-order valence-corrected chi connectivity index (χ0v) is 27.3. The first-order valence-electron chi connectivity index (χ1n) is 15.4. The van der Waals surface area contributed by atoms with Gasteiger partial charge in [-0.15, -0.1) is 0 Å². The Labute approximate surface area is 266 Å². The smallest absolute Gasteiger partial charge is 0.242 e. The molecule has 2 aromatic carbocycles. The van der Waals surface area contributed by atoms with Gasteiger partial charge in [-0.25, -0.2) is 0 Å². The van der Waals surface area contributed by atoms with Crippen molar-refractivity contribution in [3.05, 3.63) is 78.1 Å². The number of aromatic nitrogens is 1. The minimum absolute atomic E-state index is 0.0325. The summed E-state index contributed by atoms with van der Waals surface area (Å²) in [6.07, 6.45) is 4.60. The van der Waals surface area contributed by atoms with Gasteiger partial charge in [0.1, 0.15) is 16.9 Å². The lowest BCUT2D eigenvalue weighted by Crippen LogP contribution is -2.47. The number of carbonyl (C=O) groups excluding carboxylic acids is 3. The van der Waals surface area contributed by atoms with Crippen LogP contribution in [0.4, 0.5) is 11.4 Å². The van der Waals surface area contributed by atoms with E-state index in [1.807, 2.05) is 68.6 Å². The number of likely N-dealkylation sites (N-methyl/N-ethyl adjacent to an activating group) is 1. The molecule has 1 aliphatic rings. The first kappa shape index (κ1) is 33.5. The van der Waals surface area contributed by atoms with Crippen LogP contribution in [0.2, 0.25) is 0 Å². The third-order valence-electron chi connectivity index (χ3n) is 8.29. The van der Waals surface area contributed by atoms with E-state index < -0.39 is 5.41 Å². The highest BCUT2D eigenvalue weighted by molar-refractivity contribution is 6.20. The Morgan fingerprint density at radius 1 is 0.956 bits per heavy atom. The van der Waals surface area contributed by atoms with Crippen molar-refractivity contribution in [1.29, 1.82) is 0 Å². The molecule has 3 aromatic rings. The molecule has 10 nitrogen and oxygen atoms in total. The van der Waals surface area contributed by atoms with E-state index in [0.29, 0.717) is 49.1 Å². The first-order valence-corrected chi connectivity index (χ1v) is 15.4. The molecule has 0 fully saturated rings. The standard InChI is InChI=1S/C35H45N5O5/c1-7-40-29-14-13-28(24-30(29)38(5)33(42)35(2,3)34(40)43)45-22-10-19-39(25-26-15-17-36-18-16-26)21-20-37(4)32(41)23-27-11-8-9-12-31(27)44-6/h8-9,11-18,24H,7,10,19-23,25H2,1-6H3. The van der Waals surface area contributed by atoms with Crippen LogP contribution in [-0.2, 0) is 27.3 Å². The number of benzene rings is 2. The third-order valence-corrected chi connectivity index (χ3v) is 8.29. The summed E-state index contributed by atoms with van der Waals surface area (Å²) in [4.78, 5) is 50.8. The number of amides is 3. The van der Waals surface area contributed by atoms with Gasteiger partial charge in [0, 0.05) is 70.8 Å². The SMILES string of the molecule is CCN1C(=O)C(C)(C)C(=O)N(C)c2cc(OCCCN(CCN(C)C(=O)Cc3ccccc3OC)Cc3ccncc3)ccc21. The van der Waals surface area contributed by atoms with Gasteiger partial charge in [0.05, 0.1) is 31.5 Å². The molecule has 0 spiro atoms. The maximum absolute atomic E-state index is 13.2. The molecule has 0 unspecified atom stereocenters. The average molecular weight is 616 g/mol. The topological polar surface area (TPSA) is 95.5 Å². The molecule has 0 radical (unpaired) electrons. The van der Waals surface area contributed by atoms with E-state index in [1.165, 1.54) is 0 Å². The Balaban J connectivity index is 1.37. The van der Waals surface area contributed by atoms with Crippen LogP contribution in [-0.4, -0.2) is 86.5 Å². The number of fused-ring (bicyclic) bond motifs is 1. The number of hydrogen-bond donors (Lipinski definition) is 0. The van der Waals surface area contributed by atoms with Crippen molar-refractivity contribution in [2.75, 3.05) is 63.8 Å². The number of ether oxygens (including phenoxy) is 2. The van der Waals surface area contributed by atoms with E-state index in [2.05, 4.69) is 9.88 Å². The zero-order chi connectivity index (χ0) is 32.6. The Bertz CT molecular complexity index is 1480. The number of para-hydroxylation sites is 1. The van der Waals surface area contributed by atoms with Crippen molar-refractivity contribution in [2.24, 2.45) is 5.41 Å². The van der Waals surface area contributed by atoms with Crippen LogP contribution in [0.25, 0.3) is 0 Å². The second-order valence-electron chi connectivity index (χ2n) is 11.8. The van der Waals surface area contributed by atoms with Crippen molar-refractivity contribution in [2.45, 2.75) is 40.2 Å². The van der Waals surface area contributed by atoms with Crippen molar-refractivity contribution in [1.82, 2.24) is 14.8 Å². The van der Waals surface area contributed by atoms with Crippen molar-refractivity contribution >= 4 is 29.1 Å². The molecule has 3 amide bonds. The van der Waals surface area contributed by atoms with Crippen LogP contribution in [0.15, 0.2) is 67.0 Å². The molecule has 4 rings (SSSR count). The van der Waals surface area contributed by atoms with Gasteiger partial charge in [0.2, 0.25) is 17.7 Å². The number of anilines is 2. The van der Waals surface area contributed by atoms with E-state index in [9.17, 15) is 14.4 Å². The molecular weight excluding hydrogens is 570 g/mol. The predicted molar refractivity (Wildman–Crippen MR) is 176 cm³/mol. The molecule has 0 saturated carbocycles. The number of carbonyl (C=O) groups is 3. The van der Waals surface area contributed by atoms with Gasteiger partial charge < -0.3 is 24.2 Å². The van der Waals surface area contributed by atoms with Gasteiger partial charge in [0.25, 0.3) is 0 Å².